The van der Waals surface area contributed by atoms with Gasteiger partial charge in [-0.1, -0.05) is 47.6 Å². The molecular weight excluding hydrogens is 485 g/mol. The third-order valence-electron chi connectivity index (χ3n) is 7.51. The van der Waals surface area contributed by atoms with Crippen LogP contribution in [0.3, 0.4) is 0 Å². The third-order valence-corrected chi connectivity index (χ3v) is 9.88. The third kappa shape index (κ3) is 4.47. The van der Waals surface area contributed by atoms with Crippen LogP contribution in [0.2, 0.25) is 0 Å². The molecule has 8 nitrogen and oxygen atoms in total. The molecule has 0 unspecified atom stereocenters. The number of nitrogens with zero attached hydrogens (tertiary/aromatic N) is 3. The number of rotatable bonds is 6. The van der Waals surface area contributed by atoms with Crippen molar-refractivity contribution in [1.29, 1.82) is 0 Å². The molecule has 36 heavy (non-hydrogen) atoms. The second kappa shape index (κ2) is 10.0. The van der Waals surface area contributed by atoms with Crippen LogP contribution < -0.4 is 0 Å². The number of aromatic nitrogens is 2. The van der Waals surface area contributed by atoms with Crippen molar-refractivity contribution in [2.24, 2.45) is 0 Å². The van der Waals surface area contributed by atoms with Crippen molar-refractivity contribution in [2.45, 2.75) is 62.5 Å². The average Bonchev–Trinajstić information content (AvgIpc) is 3.38. The van der Waals surface area contributed by atoms with E-state index in [9.17, 15) is 13.5 Å². The van der Waals surface area contributed by atoms with Gasteiger partial charge in [0.05, 0.1) is 5.41 Å². The highest BCUT2D eigenvalue weighted by Gasteiger charge is 2.43. The summed E-state index contributed by atoms with van der Waals surface area (Å²) in [6.07, 6.45) is 2.31. The van der Waals surface area contributed by atoms with E-state index in [1.165, 1.54) is 10.4 Å². The first kappa shape index (κ1) is 25.0. The molecule has 10 heteroatoms. The van der Waals surface area contributed by atoms with Gasteiger partial charge in [0.2, 0.25) is 10.0 Å². The maximum absolute atomic E-state index is 15.6. The van der Waals surface area contributed by atoms with Gasteiger partial charge in [-0.05, 0) is 49.8 Å². The smallest absolute Gasteiger partial charge is 0.252 e. The van der Waals surface area contributed by atoms with Crippen LogP contribution in [-0.4, -0.2) is 47.2 Å². The van der Waals surface area contributed by atoms with Crippen LogP contribution in [-0.2, 0) is 33.3 Å². The minimum atomic E-state index is -3.67. The van der Waals surface area contributed by atoms with Crippen molar-refractivity contribution < 1.29 is 27.2 Å². The van der Waals surface area contributed by atoms with E-state index in [4.69, 9.17) is 9.26 Å². The Kier molecular flexibility index (Phi) is 6.95. The van der Waals surface area contributed by atoms with E-state index in [2.05, 4.69) is 10.1 Å². The Balaban J connectivity index is 1.45. The van der Waals surface area contributed by atoms with Crippen molar-refractivity contribution in [3.63, 3.8) is 0 Å². The van der Waals surface area contributed by atoms with Crippen molar-refractivity contribution in [2.75, 3.05) is 13.2 Å². The Labute approximate surface area is 210 Å². The van der Waals surface area contributed by atoms with E-state index in [0.717, 1.165) is 5.56 Å². The first-order chi connectivity index (χ1) is 17.3. The number of aliphatic hydroxyl groups excluding tert-OH is 1. The zero-order chi connectivity index (χ0) is 25.3. The van der Waals surface area contributed by atoms with E-state index in [0.29, 0.717) is 55.8 Å². The standard InChI is InChI=1S/C26H30FN3O5S/c1-18-7-10-23(19-5-3-2-4-6-19)36(32,33)30(18)16-20-8-9-21(15-22(20)27)26(11-13-34-14-12-26)25-28-24(17-31)35-29-25/h2-6,8-9,15,18,23,31H,7,10-14,16-17H2,1H3/t18-,23+/m0/s1. The quantitative estimate of drug-likeness (QED) is 0.532. The van der Waals surface area contributed by atoms with Gasteiger partial charge >= 0.3 is 0 Å². The Hall–Kier alpha value is -2.66. The van der Waals surface area contributed by atoms with E-state index in [1.807, 2.05) is 43.3 Å². The molecule has 3 aromatic rings. The molecule has 0 saturated carbocycles. The summed E-state index contributed by atoms with van der Waals surface area (Å²) in [5, 5.41) is 12.8. The van der Waals surface area contributed by atoms with Gasteiger partial charge in [-0.25, -0.2) is 12.8 Å². The summed E-state index contributed by atoms with van der Waals surface area (Å²) < 4.78 is 54.8. The van der Waals surface area contributed by atoms with Gasteiger partial charge in [-0.15, -0.1) is 0 Å². The molecule has 2 aliphatic heterocycles. The molecule has 2 saturated heterocycles. The lowest BCUT2D eigenvalue weighted by atomic mass is 9.73. The summed E-state index contributed by atoms with van der Waals surface area (Å²) in [7, 11) is -3.67. The predicted octanol–water partition coefficient (Wildman–Crippen LogP) is 3.85. The molecule has 0 aliphatic carbocycles. The summed E-state index contributed by atoms with van der Waals surface area (Å²) >= 11 is 0. The molecule has 3 heterocycles. The van der Waals surface area contributed by atoms with Crippen LogP contribution in [0.5, 0.6) is 0 Å². The molecule has 1 aromatic heterocycles. The van der Waals surface area contributed by atoms with Crippen LogP contribution in [0.4, 0.5) is 4.39 Å². The highest BCUT2D eigenvalue weighted by atomic mass is 32.2. The molecule has 0 radical (unpaired) electrons. The van der Waals surface area contributed by atoms with Gasteiger partial charge in [0.25, 0.3) is 5.89 Å². The van der Waals surface area contributed by atoms with Crippen LogP contribution in [0.1, 0.15) is 66.3 Å². The van der Waals surface area contributed by atoms with Gasteiger partial charge < -0.3 is 14.4 Å². The van der Waals surface area contributed by atoms with E-state index < -0.39 is 26.5 Å². The molecule has 2 aliphatic rings. The summed E-state index contributed by atoms with van der Waals surface area (Å²) in [4.78, 5) is 4.32. The minimum absolute atomic E-state index is 0.0358. The fourth-order valence-electron chi connectivity index (χ4n) is 5.37. The second-order valence-corrected chi connectivity index (χ2v) is 11.7. The average molecular weight is 516 g/mol. The monoisotopic (exact) mass is 515 g/mol. The van der Waals surface area contributed by atoms with Crippen LogP contribution in [0, 0.1) is 5.82 Å². The highest BCUT2D eigenvalue weighted by Crippen LogP contribution is 2.41. The number of benzene rings is 2. The van der Waals surface area contributed by atoms with Gasteiger partial charge in [-0.3, -0.25) is 0 Å². The van der Waals surface area contributed by atoms with Crippen molar-refractivity contribution in [3.05, 3.63) is 82.8 Å². The summed E-state index contributed by atoms with van der Waals surface area (Å²) in [6.45, 7) is 2.37. The number of halogens is 1. The van der Waals surface area contributed by atoms with Gasteiger partial charge in [0.1, 0.15) is 17.7 Å². The Morgan fingerprint density at radius 2 is 1.89 bits per heavy atom. The molecule has 5 rings (SSSR count). The Morgan fingerprint density at radius 3 is 2.56 bits per heavy atom. The van der Waals surface area contributed by atoms with Gasteiger partial charge in [0.15, 0.2) is 5.82 Å². The maximum atomic E-state index is 15.6. The van der Waals surface area contributed by atoms with E-state index >= 15 is 4.39 Å². The lowest BCUT2D eigenvalue weighted by molar-refractivity contribution is 0.0596. The number of hydrogen-bond donors (Lipinski definition) is 1. The molecule has 2 fully saturated rings. The molecule has 0 bridgehead atoms. The topological polar surface area (TPSA) is 106 Å². The Morgan fingerprint density at radius 1 is 1.14 bits per heavy atom. The van der Waals surface area contributed by atoms with Crippen LogP contribution in [0.15, 0.2) is 53.1 Å². The molecule has 0 spiro atoms. The van der Waals surface area contributed by atoms with Gasteiger partial charge in [-0.2, -0.15) is 9.29 Å². The number of hydrogen-bond acceptors (Lipinski definition) is 7. The first-order valence-electron chi connectivity index (χ1n) is 12.2. The molecule has 2 atom stereocenters. The lowest BCUT2D eigenvalue weighted by Gasteiger charge is -2.38. The highest BCUT2D eigenvalue weighted by molar-refractivity contribution is 7.89. The fraction of sp³-hybridized carbons (Fsp3) is 0.462. The van der Waals surface area contributed by atoms with Crippen molar-refractivity contribution in [3.8, 4) is 0 Å². The molecule has 1 N–H and O–H groups in total. The number of sulfonamides is 1. The zero-order valence-corrected chi connectivity index (χ0v) is 21.0. The number of aliphatic hydroxyl groups is 1. The largest absolute Gasteiger partial charge is 0.387 e. The van der Waals surface area contributed by atoms with E-state index in [1.54, 1.807) is 6.07 Å². The lowest BCUT2D eigenvalue weighted by Crippen LogP contribution is -2.44. The normalized spacial score (nSPS) is 24.0. The first-order valence-corrected chi connectivity index (χ1v) is 13.7. The Bertz CT molecular complexity index is 1310. The maximum Gasteiger partial charge on any atom is 0.252 e. The van der Waals surface area contributed by atoms with Gasteiger partial charge in [0, 0.05) is 31.4 Å². The van der Waals surface area contributed by atoms with Crippen LogP contribution >= 0.6 is 0 Å². The number of ether oxygens (including phenoxy) is 1. The van der Waals surface area contributed by atoms with Crippen molar-refractivity contribution >= 4 is 10.0 Å². The second-order valence-electron chi connectivity index (χ2n) is 9.59. The summed E-state index contributed by atoms with van der Waals surface area (Å²) in [5.74, 6) is 0.0126. The van der Waals surface area contributed by atoms with E-state index in [-0.39, 0.29) is 25.1 Å². The molecular formula is C26H30FN3O5S. The SMILES string of the molecule is C[C@H]1CC[C@H](c2ccccc2)S(=O)(=O)N1Cc1ccc(C2(c3noc(CO)n3)CCOCC2)cc1F. The predicted molar refractivity (Wildman–Crippen MR) is 130 cm³/mol. The van der Waals surface area contributed by atoms with Crippen LogP contribution in [0.25, 0.3) is 0 Å². The minimum Gasteiger partial charge on any atom is -0.387 e. The zero-order valence-electron chi connectivity index (χ0n) is 20.1. The fourth-order valence-corrected chi connectivity index (χ4v) is 7.56. The summed E-state index contributed by atoms with van der Waals surface area (Å²) in [5.41, 5.74) is 1.04. The van der Waals surface area contributed by atoms with Crippen molar-refractivity contribution in [1.82, 2.24) is 14.4 Å². The molecule has 192 valence electrons. The molecule has 0 amide bonds. The molecule has 2 aromatic carbocycles. The summed E-state index contributed by atoms with van der Waals surface area (Å²) in [6, 6.07) is 13.9.